The number of alkyl halides is 1. The first-order chi connectivity index (χ1) is 16.4. The molecule has 1 saturated heterocycles. The second-order valence-corrected chi connectivity index (χ2v) is 8.23. The van der Waals surface area contributed by atoms with E-state index in [4.69, 9.17) is 35.8 Å². The lowest BCUT2D eigenvalue weighted by molar-refractivity contribution is 0.0433. The van der Waals surface area contributed by atoms with Crippen molar-refractivity contribution < 1.29 is 23.4 Å². The average Bonchev–Trinajstić information content (AvgIpc) is 3.25. The molecule has 2 atom stereocenters. The van der Waals surface area contributed by atoms with Gasteiger partial charge in [0.05, 0.1) is 61.1 Å². The number of aryl methyl sites for hydroxylation is 2. The van der Waals surface area contributed by atoms with Crippen LogP contribution < -0.4 is 10.1 Å². The third-order valence-electron chi connectivity index (χ3n) is 5.66. The molecule has 1 fully saturated rings. The predicted molar refractivity (Wildman–Crippen MR) is 130 cm³/mol. The molecule has 186 valence electrons. The van der Waals surface area contributed by atoms with Crippen molar-refractivity contribution in [2.45, 2.75) is 45.8 Å². The summed E-state index contributed by atoms with van der Waals surface area (Å²) in [5, 5.41) is 3.94. The van der Waals surface area contributed by atoms with Crippen LogP contribution in [0.1, 0.15) is 32.2 Å². The highest BCUT2D eigenvalue weighted by atomic mass is 35.5. The van der Waals surface area contributed by atoms with Gasteiger partial charge in [0.2, 0.25) is 0 Å². The summed E-state index contributed by atoms with van der Waals surface area (Å²) in [5.74, 6) is 1.29. The number of carbonyl (C=O) groups is 1. The molecule has 3 rings (SSSR count). The number of hydrogen-bond donors (Lipinski definition) is 1. The summed E-state index contributed by atoms with van der Waals surface area (Å²) < 4.78 is 28.9. The Hall–Kier alpha value is -2.65. The fourth-order valence-corrected chi connectivity index (χ4v) is 4.22. The SMILES string of the molecule is CCOC(=O)N1C[C@H](OCCF)[C@H](Nc2nc(CC)c(-c3ccc(OC)cc3Cl)nc2CC)C1. The first-order valence-corrected chi connectivity index (χ1v) is 11.9. The van der Waals surface area contributed by atoms with Crippen molar-refractivity contribution in [3.8, 4) is 17.0 Å². The molecule has 2 aromatic rings. The van der Waals surface area contributed by atoms with Gasteiger partial charge in [-0.2, -0.15) is 0 Å². The molecule has 1 aliphatic heterocycles. The van der Waals surface area contributed by atoms with Crippen LogP contribution >= 0.6 is 11.6 Å². The van der Waals surface area contributed by atoms with E-state index in [1.807, 2.05) is 26.0 Å². The molecule has 1 aliphatic rings. The zero-order valence-corrected chi connectivity index (χ0v) is 20.8. The number of nitrogens with one attached hydrogen (secondary N) is 1. The number of benzene rings is 1. The number of halogens is 2. The third-order valence-corrected chi connectivity index (χ3v) is 5.98. The van der Waals surface area contributed by atoms with Crippen LogP contribution in [0, 0.1) is 0 Å². The van der Waals surface area contributed by atoms with Crippen molar-refractivity contribution >= 4 is 23.5 Å². The number of likely N-dealkylation sites (tertiary alicyclic amines) is 1. The topological polar surface area (TPSA) is 85.8 Å². The molecule has 1 N–H and O–H groups in total. The minimum absolute atomic E-state index is 0.0407. The van der Waals surface area contributed by atoms with Crippen LogP contribution in [0.25, 0.3) is 11.3 Å². The maximum Gasteiger partial charge on any atom is 0.409 e. The van der Waals surface area contributed by atoms with Crippen molar-refractivity contribution in [1.82, 2.24) is 14.9 Å². The first-order valence-electron chi connectivity index (χ1n) is 11.5. The highest BCUT2D eigenvalue weighted by molar-refractivity contribution is 6.33. The van der Waals surface area contributed by atoms with Gasteiger partial charge in [0.25, 0.3) is 0 Å². The van der Waals surface area contributed by atoms with Gasteiger partial charge in [0.1, 0.15) is 18.2 Å². The van der Waals surface area contributed by atoms with Crippen molar-refractivity contribution in [3.63, 3.8) is 0 Å². The molecule has 1 aromatic carbocycles. The van der Waals surface area contributed by atoms with E-state index in [1.54, 1.807) is 25.0 Å². The van der Waals surface area contributed by atoms with E-state index in [2.05, 4.69) is 5.32 Å². The van der Waals surface area contributed by atoms with Gasteiger partial charge in [-0.05, 0) is 38.0 Å². The molecule has 10 heteroatoms. The Balaban J connectivity index is 1.92. The van der Waals surface area contributed by atoms with E-state index in [1.165, 1.54) is 0 Å². The molecule has 0 unspecified atom stereocenters. The van der Waals surface area contributed by atoms with Gasteiger partial charge in [0, 0.05) is 12.1 Å². The van der Waals surface area contributed by atoms with Crippen LogP contribution in [0.3, 0.4) is 0 Å². The van der Waals surface area contributed by atoms with Crippen molar-refractivity contribution in [1.29, 1.82) is 0 Å². The molecule has 0 radical (unpaired) electrons. The maximum atomic E-state index is 12.8. The zero-order valence-electron chi connectivity index (χ0n) is 20.1. The molecule has 1 amide bonds. The van der Waals surface area contributed by atoms with Gasteiger partial charge in [-0.25, -0.2) is 19.2 Å². The monoisotopic (exact) mass is 494 g/mol. The van der Waals surface area contributed by atoms with E-state index in [-0.39, 0.29) is 19.3 Å². The summed E-state index contributed by atoms with van der Waals surface area (Å²) in [5.41, 5.74) is 3.06. The number of nitrogens with zero attached hydrogens (tertiary/aromatic N) is 3. The molecule has 0 aliphatic carbocycles. The Morgan fingerprint density at radius 3 is 2.59 bits per heavy atom. The van der Waals surface area contributed by atoms with Crippen LogP contribution in [0.5, 0.6) is 5.75 Å². The normalized spacial score (nSPS) is 17.6. The molecule has 2 heterocycles. The summed E-state index contributed by atoms with van der Waals surface area (Å²) in [6, 6.07) is 5.20. The first kappa shape index (κ1) is 26.0. The number of aromatic nitrogens is 2. The minimum Gasteiger partial charge on any atom is -0.497 e. The standard InChI is InChI=1S/C24H32ClFN4O4/c1-5-18-22(16-9-8-15(32-4)12-17(16)25)27-19(6-2)23(28-18)29-20-13-30(24(31)33-7-3)14-21(20)34-11-10-26/h8-9,12,20-21H,5-7,10-11,13-14H2,1-4H3,(H,28,29)/t20-,21+/m1/s1. The summed E-state index contributed by atoms with van der Waals surface area (Å²) >= 11 is 6.52. The predicted octanol–water partition coefficient (Wildman–Crippen LogP) is 4.54. The van der Waals surface area contributed by atoms with E-state index >= 15 is 0 Å². The number of rotatable bonds is 10. The largest absolute Gasteiger partial charge is 0.497 e. The van der Waals surface area contributed by atoms with E-state index in [9.17, 15) is 9.18 Å². The lowest BCUT2D eigenvalue weighted by Crippen LogP contribution is -2.36. The van der Waals surface area contributed by atoms with Gasteiger partial charge in [-0.15, -0.1) is 0 Å². The molecular formula is C24H32ClFN4O4. The fourth-order valence-electron chi connectivity index (χ4n) is 3.96. The smallest absolute Gasteiger partial charge is 0.409 e. The van der Waals surface area contributed by atoms with Crippen molar-refractivity contribution in [2.24, 2.45) is 0 Å². The summed E-state index contributed by atoms with van der Waals surface area (Å²) in [6.45, 7) is 6.07. The Morgan fingerprint density at radius 2 is 1.97 bits per heavy atom. The number of anilines is 1. The highest BCUT2D eigenvalue weighted by Gasteiger charge is 2.37. The lowest BCUT2D eigenvalue weighted by Gasteiger charge is -2.22. The summed E-state index contributed by atoms with van der Waals surface area (Å²) in [7, 11) is 1.59. The zero-order chi connectivity index (χ0) is 24.7. The van der Waals surface area contributed by atoms with E-state index < -0.39 is 18.9 Å². The third kappa shape index (κ3) is 5.88. The second kappa shape index (κ2) is 12.2. The number of amides is 1. The molecule has 1 aromatic heterocycles. The fraction of sp³-hybridized carbons (Fsp3) is 0.542. The minimum atomic E-state index is -0.597. The Bertz CT molecular complexity index is 994. The van der Waals surface area contributed by atoms with Gasteiger partial charge in [0.15, 0.2) is 0 Å². The number of hydrogen-bond acceptors (Lipinski definition) is 7. The molecule has 0 bridgehead atoms. The highest BCUT2D eigenvalue weighted by Crippen LogP contribution is 2.33. The Morgan fingerprint density at radius 1 is 1.21 bits per heavy atom. The number of methoxy groups -OCH3 is 1. The molecule has 8 nitrogen and oxygen atoms in total. The quantitative estimate of drug-likeness (QED) is 0.519. The summed E-state index contributed by atoms with van der Waals surface area (Å²) in [6.07, 6.45) is 0.462. The van der Waals surface area contributed by atoms with Crippen molar-refractivity contribution in [3.05, 3.63) is 34.6 Å². The molecule has 0 saturated carbocycles. The van der Waals surface area contributed by atoms with Crippen LogP contribution in [-0.4, -0.2) is 73.2 Å². The average molecular weight is 495 g/mol. The van der Waals surface area contributed by atoms with Gasteiger partial charge >= 0.3 is 6.09 Å². The maximum absolute atomic E-state index is 12.8. The number of carbonyl (C=O) groups excluding carboxylic acids is 1. The Labute approximate surface area is 204 Å². The lowest BCUT2D eigenvalue weighted by atomic mass is 10.1. The van der Waals surface area contributed by atoms with Crippen LogP contribution in [0.2, 0.25) is 5.02 Å². The molecular weight excluding hydrogens is 463 g/mol. The second-order valence-electron chi connectivity index (χ2n) is 7.82. The summed E-state index contributed by atoms with van der Waals surface area (Å²) in [4.78, 5) is 23.6. The molecule has 34 heavy (non-hydrogen) atoms. The van der Waals surface area contributed by atoms with Gasteiger partial charge in [-0.1, -0.05) is 25.4 Å². The molecule has 0 spiro atoms. The van der Waals surface area contributed by atoms with Crippen molar-refractivity contribution in [2.75, 3.05) is 45.4 Å². The number of ether oxygens (including phenoxy) is 3. The Kier molecular flexibility index (Phi) is 9.29. The van der Waals surface area contributed by atoms with Gasteiger partial charge in [-0.3, -0.25) is 0 Å². The van der Waals surface area contributed by atoms with Gasteiger partial charge < -0.3 is 24.4 Å². The van der Waals surface area contributed by atoms with E-state index in [0.717, 1.165) is 22.6 Å². The van der Waals surface area contributed by atoms with Crippen LogP contribution in [0.4, 0.5) is 15.0 Å². The van der Waals surface area contributed by atoms with Crippen LogP contribution in [-0.2, 0) is 22.3 Å². The van der Waals surface area contributed by atoms with Crippen LogP contribution in [0.15, 0.2) is 18.2 Å². The van der Waals surface area contributed by atoms with E-state index in [0.29, 0.717) is 42.5 Å².